The molecule has 32 heavy (non-hydrogen) atoms. The van der Waals surface area contributed by atoms with Crippen LogP contribution in [0.5, 0.6) is 0 Å². The predicted octanol–water partition coefficient (Wildman–Crippen LogP) is 2.45. The number of carbonyl (C=O) groups excluding carboxylic acids is 3. The van der Waals surface area contributed by atoms with Crippen LogP contribution in [0.2, 0.25) is 0 Å². The van der Waals surface area contributed by atoms with E-state index in [1.165, 1.54) is 0 Å². The van der Waals surface area contributed by atoms with E-state index in [4.69, 9.17) is 4.74 Å². The van der Waals surface area contributed by atoms with Crippen molar-refractivity contribution in [1.82, 2.24) is 20.2 Å². The Morgan fingerprint density at radius 3 is 2.31 bits per heavy atom. The summed E-state index contributed by atoms with van der Waals surface area (Å²) in [5.41, 5.74) is -0.0184. The average Bonchev–Trinajstić information content (AvgIpc) is 2.69. The van der Waals surface area contributed by atoms with Gasteiger partial charge in [-0.2, -0.15) is 0 Å². The zero-order chi connectivity index (χ0) is 24.8. The van der Waals surface area contributed by atoms with Crippen LogP contribution >= 0.6 is 0 Å². The summed E-state index contributed by atoms with van der Waals surface area (Å²) in [6, 6.07) is -1.31. The van der Waals surface area contributed by atoms with Gasteiger partial charge in [0.2, 0.25) is 11.8 Å². The second-order valence-electron chi connectivity index (χ2n) is 10.2. The Morgan fingerprint density at radius 1 is 1.22 bits per heavy atom. The third-order valence-corrected chi connectivity index (χ3v) is 6.15. The molecule has 0 spiro atoms. The maximum atomic E-state index is 13.6. The topological polar surface area (TPSA) is 82.2 Å². The quantitative estimate of drug-likeness (QED) is 0.450. The first-order valence-corrected chi connectivity index (χ1v) is 11.6. The first-order valence-electron chi connectivity index (χ1n) is 11.6. The first-order chi connectivity index (χ1) is 14.7. The highest BCUT2D eigenvalue weighted by Crippen LogP contribution is 2.25. The number of hydrazine groups is 1. The molecule has 1 unspecified atom stereocenters. The van der Waals surface area contributed by atoms with E-state index in [2.05, 4.69) is 5.32 Å². The monoisotopic (exact) mass is 452 g/mol. The Morgan fingerprint density at radius 2 is 1.81 bits per heavy atom. The number of hydrogen-bond acceptors (Lipinski definition) is 6. The molecule has 1 rings (SSSR count). The van der Waals surface area contributed by atoms with Crippen molar-refractivity contribution in [3.63, 3.8) is 0 Å². The summed E-state index contributed by atoms with van der Waals surface area (Å²) in [6.07, 6.45) is 3.47. The highest BCUT2D eigenvalue weighted by molar-refractivity contribution is 5.91. The standard InChI is InChI=1S/C24H44N4O4/c1-11-32-23(31)17(4)15-19(16(2)3)27(9)22(30)20(24(5,6)7)25-21(29)18-13-12-14-26(8)28(18)10/h15-16,18-20H,11-14H2,1-10H3,(H,25,29)/b17-15+/t18?,19-,20-/m1/s1. The summed E-state index contributed by atoms with van der Waals surface area (Å²) in [5.74, 6) is -0.628. The fourth-order valence-electron chi connectivity index (χ4n) is 3.96. The highest BCUT2D eigenvalue weighted by Gasteiger charge is 2.39. The van der Waals surface area contributed by atoms with Crippen molar-refractivity contribution in [2.75, 3.05) is 34.3 Å². The second-order valence-corrected chi connectivity index (χ2v) is 10.2. The largest absolute Gasteiger partial charge is 0.463 e. The predicted molar refractivity (Wildman–Crippen MR) is 127 cm³/mol. The number of likely N-dealkylation sites (N-methyl/N-ethyl adjacent to an activating group) is 2. The summed E-state index contributed by atoms with van der Waals surface area (Å²) in [6.45, 7) is 14.5. The Labute approximate surface area is 194 Å². The van der Waals surface area contributed by atoms with Gasteiger partial charge in [0, 0.05) is 33.3 Å². The Balaban J connectivity index is 3.12. The van der Waals surface area contributed by atoms with Crippen molar-refractivity contribution in [2.24, 2.45) is 11.3 Å². The van der Waals surface area contributed by atoms with Crippen LogP contribution in [0.25, 0.3) is 0 Å². The Bertz CT molecular complexity index is 699. The maximum Gasteiger partial charge on any atom is 0.333 e. The minimum absolute atomic E-state index is 0.0720. The van der Waals surface area contributed by atoms with E-state index < -0.39 is 11.5 Å². The number of hydrogen-bond donors (Lipinski definition) is 1. The molecule has 0 bridgehead atoms. The number of nitrogens with zero attached hydrogens (tertiary/aromatic N) is 3. The molecule has 0 aromatic heterocycles. The van der Waals surface area contributed by atoms with Gasteiger partial charge < -0.3 is 15.0 Å². The van der Waals surface area contributed by atoms with Crippen molar-refractivity contribution >= 4 is 17.8 Å². The van der Waals surface area contributed by atoms with Crippen molar-refractivity contribution in [1.29, 1.82) is 0 Å². The van der Waals surface area contributed by atoms with Crippen LogP contribution in [0.3, 0.4) is 0 Å². The molecule has 1 heterocycles. The minimum Gasteiger partial charge on any atom is -0.463 e. The molecule has 8 heteroatoms. The number of nitrogens with one attached hydrogen (secondary N) is 1. The van der Waals surface area contributed by atoms with Gasteiger partial charge in [0.05, 0.1) is 12.6 Å². The van der Waals surface area contributed by atoms with Gasteiger partial charge in [-0.25, -0.2) is 14.8 Å². The molecule has 0 aromatic carbocycles. The molecule has 1 N–H and O–H groups in total. The SMILES string of the molecule is CCOC(=O)/C(C)=C/[C@H](C(C)C)N(C)C(=O)[C@@H](NC(=O)C1CCCN(C)N1C)C(C)(C)C. The lowest BCUT2D eigenvalue weighted by molar-refractivity contribution is -0.145. The highest BCUT2D eigenvalue weighted by atomic mass is 16.5. The fourth-order valence-corrected chi connectivity index (χ4v) is 3.96. The lowest BCUT2D eigenvalue weighted by atomic mass is 9.84. The van der Waals surface area contributed by atoms with Crippen LogP contribution < -0.4 is 5.32 Å². The van der Waals surface area contributed by atoms with E-state index in [0.29, 0.717) is 12.2 Å². The van der Waals surface area contributed by atoms with E-state index >= 15 is 0 Å². The molecule has 3 atom stereocenters. The van der Waals surface area contributed by atoms with Crippen LogP contribution in [-0.4, -0.2) is 85.1 Å². The molecular weight excluding hydrogens is 408 g/mol. The smallest absolute Gasteiger partial charge is 0.333 e. The van der Waals surface area contributed by atoms with E-state index in [9.17, 15) is 14.4 Å². The minimum atomic E-state index is -0.696. The number of carbonyl (C=O) groups is 3. The number of ether oxygens (including phenoxy) is 1. The summed E-state index contributed by atoms with van der Waals surface area (Å²) in [4.78, 5) is 40.5. The van der Waals surface area contributed by atoms with Crippen LogP contribution in [0.4, 0.5) is 0 Å². The molecule has 184 valence electrons. The molecule has 8 nitrogen and oxygen atoms in total. The fraction of sp³-hybridized carbons (Fsp3) is 0.792. The maximum absolute atomic E-state index is 13.6. The van der Waals surface area contributed by atoms with Crippen molar-refractivity contribution < 1.29 is 19.1 Å². The zero-order valence-corrected chi connectivity index (χ0v) is 21.7. The lowest BCUT2D eigenvalue weighted by Crippen LogP contribution is -2.61. The van der Waals surface area contributed by atoms with Gasteiger partial charge in [-0.1, -0.05) is 40.7 Å². The third kappa shape index (κ3) is 7.30. The molecule has 0 saturated carbocycles. The van der Waals surface area contributed by atoms with Gasteiger partial charge in [0.25, 0.3) is 0 Å². The van der Waals surface area contributed by atoms with Crippen LogP contribution in [0.15, 0.2) is 11.6 Å². The van der Waals surface area contributed by atoms with Crippen LogP contribution in [0, 0.1) is 11.3 Å². The third-order valence-electron chi connectivity index (χ3n) is 6.15. The Kier molecular flexibility index (Phi) is 10.4. The van der Waals surface area contributed by atoms with Gasteiger partial charge >= 0.3 is 5.97 Å². The molecule has 0 aliphatic carbocycles. The number of amides is 2. The van der Waals surface area contributed by atoms with E-state index in [0.717, 1.165) is 19.4 Å². The normalized spacial score (nSPS) is 20.6. The molecule has 1 aliphatic rings. The molecule has 2 amide bonds. The molecular formula is C24H44N4O4. The van der Waals surface area contributed by atoms with Crippen molar-refractivity contribution in [3.8, 4) is 0 Å². The number of esters is 1. The number of rotatable bonds is 8. The molecule has 0 aromatic rings. The zero-order valence-electron chi connectivity index (χ0n) is 21.7. The van der Waals surface area contributed by atoms with E-state index in [1.807, 2.05) is 58.7 Å². The van der Waals surface area contributed by atoms with Crippen LogP contribution in [0.1, 0.15) is 61.3 Å². The summed E-state index contributed by atoms with van der Waals surface area (Å²) >= 11 is 0. The summed E-state index contributed by atoms with van der Waals surface area (Å²) in [7, 11) is 5.60. The average molecular weight is 453 g/mol. The lowest BCUT2D eigenvalue weighted by Gasteiger charge is -2.41. The second kappa shape index (κ2) is 11.8. The van der Waals surface area contributed by atoms with E-state index in [-0.39, 0.29) is 35.8 Å². The van der Waals surface area contributed by atoms with Crippen LogP contribution in [-0.2, 0) is 19.1 Å². The molecule has 0 radical (unpaired) electrons. The first kappa shape index (κ1) is 28.1. The van der Waals surface area contributed by atoms with Gasteiger partial charge in [0.15, 0.2) is 0 Å². The summed E-state index contributed by atoms with van der Waals surface area (Å²) < 4.78 is 5.09. The van der Waals surface area contributed by atoms with Gasteiger partial charge in [-0.15, -0.1) is 0 Å². The van der Waals surface area contributed by atoms with Gasteiger partial charge in [0.1, 0.15) is 12.1 Å². The van der Waals surface area contributed by atoms with Gasteiger partial charge in [-0.3, -0.25) is 9.59 Å². The summed E-state index contributed by atoms with van der Waals surface area (Å²) in [5, 5.41) is 7.01. The van der Waals surface area contributed by atoms with Crippen molar-refractivity contribution in [2.45, 2.75) is 79.4 Å². The van der Waals surface area contributed by atoms with E-state index in [1.54, 1.807) is 31.9 Å². The molecule has 1 aliphatic heterocycles. The molecule has 1 fully saturated rings. The van der Waals surface area contributed by atoms with Crippen molar-refractivity contribution in [3.05, 3.63) is 11.6 Å². The molecule has 1 saturated heterocycles. The Hall–Kier alpha value is -1.93. The van der Waals surface area contributed by atoms with Gasteiger partial charge in [-0.05, 0) is 38.0 Å².